The molecule has 1 rings (SSSR count). The van der Waals surface area contributed by atoms with Crippen LogP contribution in [0.3, 0.4) is 0 Å². The lowest BCUT2D eigenvalue weighted by atomic mass is 9.73. The number of hydrogen-bond acceptors (Lipinski definition) is 4. The Morgan fingerprint density at radius 1 is 1.00 bits per heavy atom. The number of carbonyl (C=O) groups is 2. The Morgan fingerprint density at radius 2 is 1.53 bits per heavy atom. The Hall–Kier alpha value is -0.740. The topological polar surface area (TPSA) is 49.4 Å². The molecule has 1 aliphatic heterocycles. The molecule has 0 spiro atoms. The van der Waals surface area contributed by atoms with E-state index in [0.717, 1.165) is 12.6 Å². The fourth-order valence-electron chi connectivity index (χ4n) is 2.65. The van der Waals surface area contributed by atoms with Gasteiger partial charge in [0.2, 0.25) is 0 Å². The quantitative estimate of drug-likeness (QED) is 0.741. The number of hydrazine groups is 1. The molecule has 4 heteroatoms. The van der Waals surface area contributed by atoms with E-state index in [0.29, 0.717) is 0 Å². The van der Waals surface area contributed by atoms with Crippen LogP contribution in [0.5, 0.6) is 0 Å². The van der Waals surface area contributed by atoms with E-state index >= 15 is 0 Å². The summed E-state index contributed by atoms with van der Waals surface area (Å²) in [7, 11) is 0. The van der Waals surface area contributed by atoms with Crippen molar-refractivity contribution in [1.29, 1.82) is 0 Å². The van der Waals surface area contributed by atoms with Crippen molar-refractivity contribution >= 4 is 12.6 Å². The number of nitrogens with zero attached hydrogens (tertiary/aromatic N) is 1. The van der Waals surface area contributed by atoms with Crippen LogP contribution in [0.25, 0.3) is 0 Å². The van der Waals surface area contributed by atoms with E-state index in [-0.39, 0.29) is 29.0 Å². The number of carbonyl (C=O) groups excluding carboxylic acids is 2. The molecule has 1 fully saturated rings. The molecule has 0 radical (unpaired) electrons. The van der Waals surface area contributed by atoms with E-state index in [9.17, 15) is 9.59 Å². The first-order chi connectivity index (χ1) is 7.62. The summed E-state index contributed by atoms with van der Waals surface area (Å²) in [4.78, 5) is 22.6. The van der Waals surface area contributed by atoms with E-state index in [4.69, 9.17) is 0 Å². The van der Waals surface area contributed by atoms with Crippen LogP contribution in [-0.4, -0.2) is 35.2 Å². The maximum Gasteiger partial charge on any atom is 0.138 e. The van der Waals surface area contributed by atoms with Crippen LogP contribution in [0.15, 0.2) is 0 Å². The molecule has 0 aromatic rings. The number of nitrogens with one attached hydrogen (secondary N) is 1. The highest BCUT2D eigenvalue weighted by molar-refractivity contribution is 5.66. The van der Waals surface area contributed by atoms with Gasteiger partial charge in [0, 0.05) is 11.5 Å². The normalized spacial score (nSPS) is 31.5. The fraction of sp³-hybridized carbons (Fsp3) is 0.846. The number of rotatable bonds is 2. The molecule has 3 unspecified atom stereocenters. The molecule has 1 N–H and O–H groups in total. The Kier molecular flexibility index (Phi) is 3.79. The lowest BCUT2D eigenvalue weighted by molar-refractivity contribution is -0.116. The molecule has 0 saturated carbocycles. The lowest BCUT2D eigenvalue weighted by Crippen LogP contribution is -2.52. The Morgan fingerprint density at radius 3 is 1.82 bits per heavy atom. The highest BCUT2D eigenvalue weighted by atomic mass is 16.1. The van der Waals surface area contributed by atoms with Gasteiger partial charge in [0.15, 0.2) is 0 Å². The smallest absolute Gasteiger partial charge is 0.138 e. The minimum atomic E-state index is -0.288. The van der Waals surface area contributed by atoms with E-state index in [1.54, 1.807) is 0 Å². The molecule has 0 aliphatic carbocycles. The average Bonchev–Trinajstić information content (AvgIpc) is 2.54. The van der Waals surface area contributed by atoms with Crippen LogP contribution in [0.2, 0.25) is 0 Å². The van der Waals surface area contributed by atoms with Crippen molar-refractivity contribution in [3.8, 4) is 0 Å². The maximum absolute atomic E-state index is 11.4. The van der Waals surface area contributed by atoms with Crippen LogP contribution in [0.1, 0.15) is 41.5 Å². The summed E-state index contributed by atoms with van der Waals surface area (Å²) in [6.07, 6.45) is 1.87. The van der Waals surface area contributed by atoms with Gasteiger partial charge < -0.3 is 9.59 Å². The minimum Gasteiger partial charge on any atom is -0.302 e. The van der Waals surface area contributed by atoms with E-state index in [1.807, 2.05) is 25.8 Å². The molecule has 1 heterocycles. The van der Waals surface area contributed by atoms with Crippen molar-refractivity contribution < 1.29 is 9.59 Å². The van der Waals surface area contributed by atoms with Crippen molar-refractivity contribution in [2.45, 2.75) is 59.2 Å². The van der Waals surface area contributed by atoms with Crippen molar-refractivity contribution in [3.05, 3.63) is 0 Å². The van der Waals surface area contributed by atoms with Crippen LogP contribution < -0.4 is 5.43 Å². The van der Waals surface area contributed by atoms with Gasteiger partial charge in [0.1, 0.15) is 12.6 Å². The van der Waals surface area contributed by atoms with Gasteiger partial charge in [0.05, 0.1) is 12.1 Å². The highest BCUT2D eigenvalue weighted by Gasteiger charge is 2.50. The molecule has 0 aromatic carbocycles. The average molecular weight is 240 g/mol. The van der Waals surface area contributed by atoms with Crippen LogP contribution in [0.4, 0.5) is 0 Å². The van der Waals surface area contributed by atoms with Gasteiger partial charge in [-0.2, -0.15) is 0 Å². The summed E-state index contributed by atoms with van der Waals surface area (Å²) in [5, 5.41) is 1.91. The zero-order valence-electron chi connectivity index (χ0n) is 11.7. The van der Waals surface area contributed by atoms with Crippen molar-refractivity contribution in [2.75, 3.05) is 0 Å². The zero-order chi connectivity index (χ0) is 13.4. The fourth-order valence-corrected chi connectivity index (χ4v) is 2.65. The molecule has 0 bridgehead atoms. The van der Waals surface area contributed by atoms with Crippen LogP contribution in [0, 0.1) is 11.3 Å². The minimum absolute atomic E-state index is 0.00303. The van der Waals surface area contributed by atoms with Crippen molar-refractivity contribution in [2.24, 2.45) is 11.3 Å². The number of hydrogen-bond donors (Lipinski definition) is 1. The molecular weight excluding hydrogens is 216 g/mol. The molecular formula is C13H24N2O2. The molecule has 1 aliphatic rings. The lowest BCUT2D eigenvalue weighted by Gasteiger charge is -2.37. The summed E-state index contributed by atoms with van der Waals surface area (Å²) in [6.45, 7) is 12.3. The van der Waals surface area contributed by atoms with Gasteiger partial charge in [-0.15, -0.1) is 0 Å². The van der Waals surface area contributed by atoms with Gasteiger partial charge in [0.25, 0.3) is 0 Å². The van der Waals surface area contributed by atoms with Gasteiger partial charge in [-0.3, -0.25) is 0 Å². The highest BCUT2D eigenvalue weighted by Crippen LogP contribution is 2.38. The molecule has 1 saturated heterocycles. The summed E-state index contributed by atoms with van der Waals surface area (Å²) in [6, 6.07) is -0.547. The summed E-state index contributed by atoms with van der Waals surface area (Å²) in [5.41, 5.74) is 2.89. The Bertz CT molecular complexity index is 302. The molecule has 17 heavy (non-hydrogen) atoms. The summed E-state index contributed by atoms with van der Waals surface area (Å²) in [5.74, 6) is -0.00303. The first-order valence-electron chi connectivity index (χ1n) is 6.09. The number of aldehydes is 2. The first-order valence-corrected chi connectivity index (χ1v) is 6.09. The third kappa shape index (κ3) is 2.75. The molecule has 4 nitrogen and oxygen atoms in total. The first kappa shape index (κ1) is 14.3. The van der Waals surface area contributed by atoms with Gasteiger partial charge >= 0.3 is 0 Å². The van der Waals surface area contributed by atoms with Crippen LogP contribution in [-0.2, 0) is 9.59 Å². The van der Waals surface area contributed by atoms with E-state index in [2.05, 4.69) is 26.2 Å². The third-order valence-electron chi connectivity index (χ3n) is 3.35. The van der Waals surface area contributed by atoms with Crippen LogP contribution >= 0.6 is 0 Å². The zero-order valence-corrected chi connectivity index (χ0v) is 11.7. The van der Waals surface area contributed by atoms with E-state index in [1.165, 1.54) is 0 Å². The predicted octanol–water partition coefficient (Wildman–Crippen LogP) is 1.40. The second kappa shape index (κ2) is 4.50. The van der Waals surface area contributed by atoms with E-state index < -0.39 is 0 Å². The second-order valence-electron chi connectivity index (χ2n) is 6.85. The molecule has 0 amide bonds. The van der Waals surface area contributed by atoms with Gasteiger partial charge in [-0.1, -0.05) is 20.8 Å². The Labute approximate surface area is 104 Å². The molecule has 3 atom stereocenters. The molecule has 0 aromatic heterocycles. The van der Waals surface area contributed by atoms with Gasteiger partial charge in [-0.25, -0.2) is 10.4 Å². The summed E-state index contributed by atoms with van der Waals surface area (Å²) < 4.78 is 0. The SMILES string of the molecule is CC(C)(C)C1C(C=O)NN(C(C)(C)C)C1C=O. The third-order valence-corrected chi connectivity index (χ3v) is 3.35. The largest absolute Gasteiger partial charge is 0.302 e. The predicted molar refractivity (Wildman–Crippen MR) is 67.4 cm³/mol. The Balaban J connectivity index is 3.11. The van der Waals surface area contributed by atoms with Crippen molar-refractivity contribution in [1.82, 2.24) is 10.4 Å². The maximum atomic E-state index is 11.4. The van der Waals surface area contributed by atoms with Gasteiger partial charge in [-0.05, 0) is 26.2 Å². The second-order valence-corrected chi connectivity index (χ2v) is 6.85. The monoisotopic (exact) mass is 240 g/mol. The summed E-state index contributed by atoms with van der Waals surface area (Å²) >= 11 is 0. The standard InChI is InChI=1S/C13H24N2O2/c1-12(2,3)11-9(7-16)14-15(10(11)8-17)13(4,5)6/h7-11,14H,1-6H3. The molecule has 98 valence electrons. The van der Waals surface area contributed by atoms with Crippen molar-refractivity contribution in [3.63, 3.8) is 0 Å².